The van der Waals surface area contributed by atoms with Crippen LogP contribution in [0.2, 0.25) is 0 Å². The van der Waals surface area contributed by atoms with Crippen LogP contribution >= 0.6 is 0 Å². The zero-order valence-corrected chi connectivity index (χ0v) is 10.1. The lowest BCUT2D eigenvalue weighted by molar-refractivity contribution is 0.103. The minimum atomic E-state index is -0.715. The molecule has 0 aliphatic rings. The van der Waals surface area contributed by atoms with Crippen molar-refractivity contribution in [3.63, 3.8) is 0 Å². The molecule has 19 heavy (non-hydrogen) atoms. The highest BCUT2D eigenvalue weighted by Crippen LogP contribution is 2.22. The number of ketones is 1. The number of benzene rings is 2. The highest BCUT2D eigenvalue weighted by molar-refractivity contribution is 6.12. The number of carbonyl (C=O) groups is 1. The zero-order valence-electron chi connectivity index (χ0n) is 10.1. The normalized spacial score (nSPS) is 10.3. The van der Waals surface area contributed by atoms with Crippen LogP contribution in [0.4, 0.5) is 14.5 Å². The standard InChI is InChI=1S/C14H11F2NO2/c1-19-9-3-5-10(12(16)7-9)14(18)11-4-2-8(15)6-13(11)17/h2-7H,17H2,1H3. The number of nitrogens with two attached hydrogens (primary N) is 1. The molecular weight excluding hydrogens is 252 g/mol. The van der Waals surface area contributed by atoms with Crippen molar-refractivity contribution in [1.82, 2.24) is 0 Å². The largest absolute Gasteiger partial charge is 0.497 e. The number of carbonyl (C=O) groups excluding carboxylic acids is 1. The second-order valence-electron chi connectivity index (χ2n) is 3.91. The van der Waals surface area contributed by atoms with Crippen LogP contribution in [0.1, 0.15) is 15.9 Å². The smallest absolute Gasteiger partial charge is 0.198 e. The summed E-state index contributed by atoms with van der Waals surface area (Å²) < 4.78 is 31.5. The summed E-state index contributed by atoms with van der Waals surface area (Å²) >= 11 is 0. The van der Waals surface area contributed by atoms with E-state index in [0.29, 0.717) is 5.75 Å². The number of hydrogen-bond donors (Lipinski definition) is 1. The van der Waals surface area contributed by atoms with Crippen LogP contribution in [0, 0.1) is 11.6 Å². The first kappa shape index (κ1) is 13.0. The van der Waals surface area contributed by atoms with Gasteiger partial charge in [-0.15, -0.1) is 0 Å². The summed E-state index contributed by atoms with van der Waals surface area (Å²) in [6, 6.07) is 7.23. The van der Waals surface area contributed by atoms with Crippen LogP contribution in [0.15, 0.2) is 36.4 Å². The lowest BCUT2D eigenvalue weighted by atomic mass is 10.0. The monoisotopic (exact) mass is 263 g/mol. The maximum absolute atomic E-state index is 13.8. The molecule has 98 valence electrons. The van der Waals surface area contributed by atoms with Crippen LogP contribution in [-0.4, -0.2) is 12.9 Å². The number of nitrogen functional groups attached to an aromatic ring is 1. The highest BCUT2D eigenvalue weighted by atomic mass is 19.1. The zero-order chi connectivity index (χ0) is 14.0. The second-order valence-corrected chi connectivity index (χ2v) is 3.91. The van der Waals surface area contributed by atoms with Gasteiger partial charge in [0, 0.05) is 17.3 Å². The Morgan fingerprint density at radius 2 is 1.79 bits per heavy atom. The van der Waals surface area contributed by atoms with Crippen molar-refractivity contribution in [2.24, 2.45) is 0 Å². The maximum Gasteiger partial charge on any atom is 0.198 e. The lowest BCUT2D eigenvalue weighted by Crippen LogP contribution is -2.08. The Kier molecular flexibility index (Phi) is 3.46. The average molecular weight is 263 g/mol. The Bertz CT molecular complexity index is 641. The topological polar surface area (TPSA) is 52.3 Å². The summed E-state index contributed by atoms with van der Waals surface area (Å²) in [5, 5.41) is 0. The van der Waals surface area contributed by atoms with Gasteiger partial charge in [0.2, 0.25) is 0 Å². The van der Waals surface area contributed by atoms with Crippen LogP contribution in [0.5, 0.6) is 5.75 Å². The summed E-state index contributed by atoms with van der Waals surface area (Å²) in [4.78, 5) is 12.1. The average Bonchev–Trinajstić information content (AvgIpc) is 2.37. The fourth-order valence-electron chi connectivity index (χ4n) is 1.69. The van der Waals surface area contributed by atoms with Crippen molar-refractivity contribution in [3.8, 4) is 5.75 Å². The first-order chi connectivity index (χ1) is 9.02. The summed E-state index contributed by atoms with van der Waals surface area (Å²) in [6.45, 7) is 0. The van der Waals surface area contributed by atoms with E-state index in [0.717, 1.165) is 18.2 Å². The van der Waals surface area contributed by atoms with E-state index in [-0.39, 0.29) is 16.8 Å². The number of halogens is 2. The Hall–Kier alpha value is -2.43. The lowest BCUT2D eigenvalue weighted by Gasteiger charge is -2.07. The molecule has 0 saturated heterocycles. The summed E-state index contributed by atoms with van der Waals surface area (Å²) in [5.41, 5.74) is 5.45. The number of methoxy groups -OCH3 is 1. The molecule has 0 heterocycles. The van der Waals surface area contributed by atoms with Gasteiger partial charge in [0.15, 0.2) is 5.78 Å². The number of rotatable bonds is 3. The molecule has 0 unspecified atom stereocenters. The van der Waals surface area contributed by atoms with Crippen LogP contribution in [-0.2, 0) is 0 Å². The van der Waals surface area contributed by atoms with E-state index in [4.69, 9.17) is 10.5 Å². The van der Waals surface area contributed by atoms with Gasteiger partial charge in [-0.25, -0.2) is 8.78 Å². The number of hydrogen-bond acceptors (Lipinski definition) is 3. The fraction of sp³-hybridized carbons (Fsp3) is 0.0714. The molecule has 0 atom stereocenters. The number of anilines is 1. The molecule has 0 aliphatic carbocycles. The van der Waals surface area contributed by atoms with Gasteiger partial charge in [0.1, 0.15) is 17.4 Å². The molecule has 2 aromatic rings. The van der Waals surface area contributed by atoms with Gasteiger partial charge < -0.3 is 10.5 Å². The van der Waals surface area contributed by atoms with Gasteiger partial charge in [-0.2, -0.15) is 0 Å². The van der Waals surface area contributed by atoms with Gasteiger partial charge in [-0.05, 0) is 30.3 Å². The molecule has 2 aromatic carbocycles. The van der Waals surface area contributed by atoms with E-state index < -0.39 is 17.4 Å². The SMILES string of the molecule is COc1ccc(C(=O)c2ccc(F)cc2N)c(F)c1. The summed E-state index contributed by atoms with van der Waals surface area (Å²) in [5.74, 6) is -1.56. The maximum atomic E-state index is 13.8. The van der Waals surface area contributed by atoms with Gasteiger partial charge >= 0.3 is 0 Å². The van der Waals surface area contributed by atoms with E-state index >= 15 is 0 Å². The summed E-state index contributed by atoms with van der Waals surface area (Å²) in [6.07, 6.45) is 0. The molecule has 0 spiro atoms. The number of ether oxygens (including phenoxy) is 1. The van der Waals surface area contributed by atoms with E-state index in [1.165, 1.54) is 25.3 Å². The minimum Gasteiger partial charge on any atom is -0.497 e. The third-order valence-corrected chi connectivity index (χ3v) is 2.68. The molecule has 0 bridgehead atoms. The van der Waals surface area contributed by atoms with Gasteiger partial charge in [0.25, 0.3) is 0 Å². The molecule has 0 amide bonds. The third kappa shape index (κ3) is 2.54. The van der Waals surface area contributed by atoms with Crippen molar-refractivity contribution in [2.45, 2.75) is 0 Å². The molecule has 3 nitrogen and oxygen atoms in total. The van der Waals surface area contributed by atoms with Gasteiger partial charge in [-0.1, -0.05) is 0 Å². The Morgan fingerprint density at radius 1 is 1.11 bits per heavy atom. The molecule has 0 aliphatic heterocycles. The molecule has 0 fully saturated rings. The van der Waals surface area contributed by atoms with Gasteiger partial charge in [0.05, 0.1) is 12.7 Å². The van der Waals surface area contributed by atoms with Crippen molar-refractivity contribution in [3.05, 3.63) is 59.2 Å². The van der Waals surface area contributed by atoms with Crippen molar-refractivity contribution in [2.75, 3.05) is 12.8 Å². The van der Waals surface area contributed by atoms with Gasteiger partial charge in [-0.3, -0.25) is 4.79 Å². The molecule has 0 saturated carbocycles. The Balaban J connectivity index is 2.44. The minimum absolute atomic E-state index is 0.0276. The highest BCUT2D eigenvalue weighted by Gasteiger charge is 2.17. The molecule has 0 aromatic heterocycles. The Labute approximate surface area is 108 Å². The predicted molar refractivity (Wildman–Crippen MR) is 67.2 cm³/mol. The Morgan fingerprint density at radius 3 is 2.37 bits per heavy atom. The molecule has 2 N–H and O–H groups in total. The van der Waals surface area contributed by atoms with Crippen LogP contribution in [0.25, 0.3) is 0 Å². The van der Waals surface area contributed by atoms with E-state index in [9.17, 15) is 13.6 Å². The first-order valence-electron chi connectivity index (χ1n) is 5.46. The van der Waals surface area contributed by atoms with E-state index in [2.05, 4.69) is 0 Å². The summed E-state index contributed by atoms with van der Waals surface area (Å²) in [7, 11) is 1.40. The molecule has 5 heteroatoms. The van der Waals surface area contributed by atoms with Crippen molar-refractivity contribution in [1.29, 1.82) is 0 Å². The van der Waals surface area contributed by atoms with E-state index in [1.807, 2.05) is 0 Å². The quantitative estimate of drug-likeness (QED) is 0.684. The predicted octanol–water partition coefficient (Wildman–Crippen LogP) is 2.79. The third-order valence-electron chi connectivity index (χ3n) is 2.68. The molecule has 0 radical (unpaired) electrons. The molecular formula is C14H11F2NO2. The second kappa shape index (κ2) is 5.06. The fourth-order valence-corrected chi connectivity index (χ4v) is 1.69. The molecule has 2 rings (SSSR count). The van der Waals surface area contributed by atoms with Crippen LogP contribution < -0.4 is 10.5 Å². The van der Waals surface area contributed by atoms with Crippen molar-refractivity contribution >= 4 is 11.5 Å². The first-order valence-corrected chi connectivity index (χ1v) is 5.46. The van der Waals surface area contributed by atoms with Crippen molar-refractivity contribution < 1.29 is 18.3 Å². The van der Waals surface area contributed by atoms with Crippen LogP contribution in [0.3, 0.4) is 0 Å². The van der Waals surface area contributed by atoms with E-state index in [1.54, 1.807) is 0 Å².